The SMILES string of the molecule is NC(Cc1ccc2ccccc2c1)C(=O)Nc1c(F)c(F)c(C(F)(F)F)c(F)c1F. The minimum Gasteiger partial charge on any atom is -0.320 e. The van der Waals surface area contributed by atoms with Crippen LogP contribution in [0.1, 0.15) is 11.1 Å². The first-order valence-corrected chi connectivity index (χ1v) is 8.48. The van der Waals surface area contributed by atoms with Crippen molar-refractivity contribution in [2.45, 2.75) is 18.6 Å². The lowest BCUT2D eigenvalue weighted by Crippen LogP contribution is -2.38. The van der Waals surface area contributed by atoms with E-state index in [4.69, 9.17) is 5.73 Å². The molecule has 0 aliphatic heterocycles. The van der Waals surface area contributed by atoms with E-state index < -0.39 is 52.6 Å². The predicted molar refractivity (Wildman–Crippen MR) is 95.5 cm³/mol. The lowest BCUT2D eigenvalue weighted by Gasteiger charge is -2.17. The fourth-order valence-electron chi connectivity index (χ4n) is 2.92. The molecule has 1 unspecified atom stereocenters. The smallest absolute Gasteiger partial charge is 0.320 e. The molecule has 0 aromatic heterocycles. The molecule has 0 spiro atoms. The summed E-state index contributed by atoms with van der Waals surface area (Å²) in [6, 6.07) is 11.0. The summed E-state index contributed by atoms with van der Waals surface area (Å²) < 4.78 is 93.0. The Morgan fingerprint density at radius 3 is 2.03 bits per heavy atom. The number of hydrogen-bond donors (Lipinski definition) is 2. The van der Waals surface area contributed by atoms with Crippen LogP contribution < -0.4 is 11.1 Å². The van der Waals surface area contributed by atoms with Crippen LogP contribution in [0.5, 0.6) is 0 Å². The number of nitrogens with one attached hydrogen (secondary N) is 1. The second kappa shape index (κ2) is 7.94. The molecule has 3 aromatic rings. The fraction of sp³-hybridized carbons (Fsp3) is 0.150. The Morgan fingerprint density at radius 1 is 0.900 bits per heavy atom. The molecule has 1 amide bonds. The minimum atomic E-state index is -5.68. The lowest BCUT2D eigenvalue weighted by atomic mass is 10.0. The zero-order valence-electron chi connectivity index (χ0n) is 15.0. The highest BCUT2D eigenvalue weighted by Crippen LogP contribution is 2.38. The first-order chi connectivity index (χ1) is 14.0. The van der Waals surface area contributed by atoms with Crippen LogP contribution in [0.4, 0.5) is 36.4 Å². The van der Waals surface area contributed by atoms with E-state index in [1.54, 1.807) is 24.3 Å². The van der Waals surface area contributed by atoms with Crippen LogP contribution in [0.25, 0.3) is 10.8 Å². The van der Waals surface area contributed by atoms with Crippen molar-refractivity contribution in [2.24, 2.45) is 5.73 Å². The summed E-state index contributed by atoms with van der Waals surface area (Å²) in [4.78, 5) is 12.2. The van der Waals surface area contributed by atoms with E-state index >= 15 is 0 Å². The molecule has 0 saturated heterocycles. The third kappa shape index (κ3) is 4.09. The normalized spacial score (nSPS) is 12.8. The van der Waals surface area contributed by atoms with Gasteiger partial charge >= 0.3 is 6.18 Å². The van der Waals surface area contributed by atoms with Crippen LogP contribution in [-0.4, -0.2) is 11.9 Å². The van der Waals surface area contributed by atoms with Crippen molar-refractivity contribution >= 4 is 22.4 Å². The molecule has 30 heavy (non-hydrogen) atoms. The fourth-order valence-corrected chi connectivity index (χ4v) is 2.92. The Morgan fingerprint density at radius 2 is 1.47 bits per heavy atom. The topological polar surface area (TPSA) is 55.1 Å². The standard InChI is InChI=1S/C20H13F7N2O/c21-14-13(20(25,26)27)15(22)17(24)18(16(14)23)29-19(30)12(28)8-9-5-6-10-3-1-2-4-11(10)7-9/h1-7,12H,8,28H2,(H,29,30). The van der Waals surface area contributed by atoms with Gasteiger partial charge in [0.1, 0.15) is 11.3 Å². The number of benzene rings is 3. The quantitative estimate of drug-likeness (QED) is 0.456. The van der Waals surface area contributed by atoms with Gasteiger partial charge in [0, 0.05) is 0 Å². The summed E-state index contributed by atoms with van der Waals surface area (Å²) in [5, 5.41) is 3.29. The van der Waals surface area contributed by atoms with Gasteiger partial charge in [0.2, 0.25) is 5.91 Å². The van der Waals surface area contributed by atoms with E-state index in [9.17, 15) is 35.5 Å². The maximum Gasteiger partial charge on any atom is 0.422 e. The number of fused-ring (bicyclic) bond motifs is 1. The summed E-state index contributed by atoms with van der Waals surface area (Å²) in [6.07, 6.45) is -5.78. The van der Waals surface area contributed by atoms with E-state index in [1.165, 1.54) is 5.32 Å². The predicted octanol–water partition coefficient (Wildman–Crippen LogP) is 4.92. The molecular formula is C20H13F7N2O. The number of anilines is 1. The Kier molecular flexibility index (Phi) is 5.71. The molecule has 0 saturated carbocycles. The minimum absolute atomic E-state index is 0.106. The van der Waals surface area contributed by atoms with E-state index in [-0.39, 0.29) is 6.42 Å². The molecular weight excluding hydrogens is 417 g/mol. The van der Waals surface area contributed by atoms with Crippen LogP contribution in [0, 0.1) is 23.3 Å². The number of alkyl halides is 3. The van der Waals surface area contributed by atoms with Crippen LogP contribution in [0.15, 0.2) is 42.5 Å². The van der Waals surface area contributed by atoms with Gasteiger partial charge in [-0.25, -0.2) is 17.6 Å². The maximum absolute atomic E-state index is 13.9. The van der Waals surface area contributed by atoms with Gasteiger partial charge in [-0.1, -0.05) is 42.5 Å². The number of amides is 1. The summed E-state index contributed by atoms with van der Waals surface area (Å²) in [5.74, 6) is -11.3. The van der Waals surface area contributed by atoms with Gasteiger partial charge in [0.05, 0.1) is 6.04 Å². The molecule has 3 aromatic carbocycles. The highest BCUT2D eigenvalue weighted by atomic mass is 19.4. The number of hydrogen-bond acceptors (Lipinski definition) is 2. The van der Waals surface area contributed by atoms with Gasteiger partial charge in [-0.2, -0.15) is 13.2 Å². The molecule has 0 heterocycles. The number of carbonyl (C=O) groups is 1. The van der Waals surface area contributed by atoms with Gasteiger partial charge in [0.25, 0.3) is 0 Å². The maximum atomic E-state index is 13.9. The second-order valence-corrected chi connectivity index (χ2v) is 6.49. The molecule has 0 aliphatic carbocycles. The van der Waals surface area contributed by atoms with Crippen LogP contribution in [0.3, 0.4) is 0 Å². The van der Waals surface area contributed by atoms with Crippen molar-refractivity contribution in [3.8, 4) is 0 Å². The molecule has 0 aliphatic rings. The zero-order chi connectivity index (χ0) is 22.2. The molecule has 0 fully saturated rings. The monoisotopic (exact) mass is 430 g/mol. The average Bonchev–Trinajstić information content (AvgIpc) is 2.68. The molecule has 1 atom stereocenters. The Bertz CT molecular complexity index is 1100. The van der Waals surface area contributed by atoms with E-state index in [2.05, 4.69) is 0 Å². The van der Waals surface area contributed by atoms with E-state index in [1.807, 2.05) is 18.2 Å². The third-order valence-corrected chi connectivity index (χ3v) is 4.40. The number of halogens is 7. The van der Waals surface area contributed by atoms with Gasteiger partial charge in [0.15, 0.2) is 23.3 Å². The van der Waals surface area contributed by atoms with Gasteiger partial charge in [-0.3, -0.25) is 4.79 Å². The van der Waals surface area contributed by atoms with Crippen molar-refractivity contribution in [1.29, 1.82) is 0 Å². The average molecular weight is 430 g/mol. The number of nitrogens with two attached hydrogens (primary N) is 1. The van der Waals surface area contributed by atoms with Crippen LogP contribution in [0.2, 0.25) is 0 Å². The van der Waals surface area contributed by atoms with E-state index in [0.717, 1.165) is 10.8 Å². The summed E-state index contributed by atoms with van der Waals surface area (Å²) in [7, 11) is 0. The van der Waals surface area contributed by atoms with Gasteiger partial charge < -0.3 is 11.1 Å². The highest BCUT2D eigenvalue weighted by Gasteiger charge is 2.42. The largest absolute Gasteiger partial charge is 0.422 e. The first kappa shape index (κ1) is 21.6. The second-order valence-electron chi connectivity index (χ2n) is 6.49. The van der Waals surface area contributed by atoms with Gasteiger partial charge in [-0.15, -0.1) is 0 Å². The molecule has 3 rings (SSSR count). The summed E-state index contributed by atoms with van der Waals surface area (Å²) in [6.45, 7) is 0. The molecule has 3 N–H and O–H groups in total. The summed E-state index contributed by atoms with van der Waals surface area (Å²) >= 11 is 0. The van der Waals surface area contributed by atoms with E-state index in [0.29, 0.717) is 5.56 Å². The molecule has 0 bridgehead atoms. The highest BCUT2D eigenvalue weighted by molar-refractivity contribution is 5.95. The van der Waals surface area contributed by atoms with Gasteiger partial charge in [-0.05, 0) is 22.8 Å². The number of carbonyl (C=O) groups excluding carboxylic acids is 1. The molecule has 158 valence electrons. The zero-order valence-corrected chi connectivity index (χ0v) is 15.0. The molecule has 0 radical (unpaired) electrons. The Labute approximate surface area is 165 Å². The first-order valence-electron chi connectivity index (χ1n) is 8.48. The van der Waals surface area contributed by atoms with Crippen molar-refractivity contribution in [3.63, 3.8) is 0 Å². The third-order valence-electron chi connectivity index (χ3n) is 4.40. The van der Waals surface area contributed by atoms with Crippen molar-refractivity contribution in [3.05, 3.63) is 76.9 Å². The lowest BCUT2D eigenvalue weighted by molar-refractivity contribution is -0.143. The molecule has 3 nitrogen and oxygen atoms in total. The molecule has 10 heteroatoms. The number of rotatable bonds is 4. The van der Waals surface area contributed by atoms with Crippen molar-refractivity contribution < 1.29 is 35.5 Å². The van der Waals surface area contributed by atoms with Crippen molar-refractivity contribution in [2.75, 3.05) is 5.32 Å². The van der Waals surface area contributed by atoms with Crippen LogP contribution >= 0.6 is 0 Å². The Hall–Kier alpha value is -3.14. The summed E-state index contributed by atoms with van der Waals surface area (Å²) in [5.41, 5.74) is 1.87. The Balaban J connectivity index is 1.84. The van der Waals surface area contributed by atoms with Crippen molar-refractivity contribution in [1.82, 2.24) is 0 Å². The van der Waals surface area contributed by atoms with Crippen LogP contribution in [-0.2, 0) is 17.4 Å².